The Morgan fingerprint density at radius 2 is 1.86 bits per heavy atom. The van der Waals surface area contributed by atoms with Gasteiger partial charge in [0.15, 0.2) is 0 Å². The highest BCUT2D eigenvalue weighted by atomic mass is 16.6. The minimum Gasteiger partial charge on any atom is -0.465 e. The molecule has 2 fully saturated rings. The topological polar surface area (TPSA) is 64.6 Å². The molecule has 0 radical (unpaired) electrons. The van der Waals surface area contributed by atoms with E-state index in [1.165, 1.54) is 6.42 Å². The van der Waals surface area contributed by atoms with Crippen molar-refractivity contribution >= 4 is 12.1 Å². The van der Waals surface area contributed by atoms with Crippen molar-refractivity contribution in [2.45, 2.75) is 71.4 Å². The molecule has 4 atom stereocenters. The van der Waals surface area contributed by atoms with Gasteiger partial charge in [-0.2, -0.15) is 0 Å². The van der Waals surface area contributed by atoms with Crippen LogP contribution in [0.2, 0.25) is 0 Å². The number of hydrogen-bond acceptors (Lipinski definition) is 4. The number of rotatable bonds is 5. The number of alkyl carbamates (subject to hydrolysis) is 1. The van der Waals surface area contributed by atoms with E-state index in [4.69, 9.17) is 9.47 Å². The highest BCUT2D eigenvalue weighted by Gasteiger charge is 2.48. The molecule has 0 aromatic carbocycles. The van der Waals surface area contributed by atoms with Crippen LogP contribution in [0.25, 0.3) is 0 Å². The van der Waals surface area contributed by atoms with Crippen LogP contribution in [0.15, 0.2) is 0 Å². The van der Waals surface area contributed by atoms with Crippen LogP contribution in [0, 0.1) is 17.8 Å². The standard InChI is InChI=1S/C17H29NO4/c1-5-6-14(19)21-10-13-11-7-8-12(9-11)15(13)18-16(20)22-17(2,3)4/h11-13,15H,5-10H2,1-4H3,(H,18,20)/t11?,12?,13-,15+/m0/s1. The van der Waals surface area contributed by atoms with Gasteiger partial charge < -0.3 is 14.8 Å². The van der Waals surface area contributed by atoms with Gasteiger partial charge >= 0.3 is 12.1 Å². The molecule has 0 aromatic rings. The molecule has 126 valence electrons. The molecule has 2 saturated carbocycles. The Balaban J connectivity index is 1.90. The first kappa shape index (κ1) is 17.1. The van der Waals surface area contributed by atoms with E-state index in [0.717, 1.165) is 19.3 Å². The summed E-state index contributed by atoms with van der Waals surface area (Å²) in [5.41, 5.74) is -0.495. The molecule has 2 aliphatic rings. The van der Waals surface area contributed by atoms with E-state index < -0.39 is 5.60 Å². The number of esters is 1. The van der Waals surface area contributed by atoms with Crippen molar-refractivity contribution in [2.24, 2.45) is 17.8 Å². The van der Waals surface area contributed by atoms with Gasteiger partial charge in [0.2, 0.25) is 0 Å². The lowest BCUT2D eigenvalue weighted by Crippen LogP contribution is -2.47. The van der Waals surface area contributed by atoms with Gasteiger partial charge in [0.05, 0.1) is 6.61 Å². The summed E-state index contributed by atoms with van der Waals surface area (Å²) in [7, 11) is 0. The predicted octanol–water partition coefficient (Wildman–Crippen LogP) is 3.27. The first-order chi connectivity index (χ1) is 10.3. The molecule has 5 heteroatoms. The quantitative estimate of drug-likeness (QED) is 0.791. The average molecular weight is 311 g/mol. The smallest absolute Gasteiger partial charge is 0.407 e. The van der Waals surface area contributed by atoms with E-state index >= 15 is 0 Å². The van der Waals surface area contributed by atoms with Gasteiger partial charge in [-0.05, 0) is 58.3 Å². The van der Waals surface area contributed by atoms with E-state index in [-0.39, 0.29) is 24.0 Å². The van der Waals surface area contributed by atoms with Crippen molar-refractivity contribution in [3.05, 3.63) is 0 Å². The van der Waals surface area contributed by atoms with E-state index in [9.17, 15) is 9.59 Å². The number of carbonyl (C=O) groups is 2. The average Bonchev–Trinajstić information content (AvgIpc) is 2.96. The van der Waals surface area contributed by atoms with Gasteiger partial charge in [-0.15, -0.1) is 0 Å². The first-order valence-electron chi connectivity index (χ1n) is 8.45. The number of fused-ring (bicyclic) bond motifs is 2. The van der Waals surface area contributed by atoms with Crippen molar-refractivity contribution < 1.29 is 19.1 Å². The third-order valence-electron chi connectivity index (χ3n) is 4.66. The van der Waals surface area contributed by atoms with E-state index in [1.54, 1.807) is 0 Å². The van der Waals surface area contributed by atoms with Gasteiger partial charge in [-0.3, -0.25) is 4.79 Å². The van der Waals surface area contributed by atoms with E-state index in [2.05, 4.69) is 5.32 Å². The molecule has 0 spiro atoms. The van der Waals surface area contributed by atoms with Crippen molar-refractivity contribution in [3.63, 3.8) is 0 Å². The molecule has 2 aliphatic carbocycles. The highest BCUT2D eigenvalue weighted by molar-refractivity contribution is 5.69. The number of carbonyl (C=O) groups excluding carboxylic acids is 2. The fraction of sp³-hybridized carbons (Fsp3) is 0.882. The summed E-state index contributed by atoms with van der Waals surface area (Å²) in [4.78, 5) is 23.6. The Bertz CT molecular complexity index is 415. The molecule has 2 bridgehead atoms. The predicted molar refractivity (Wildman–Crippen MR) is 83.3 cm³/mol. The van der Waals surface area contributed by atoms with Gasteiger partial charge in [-0.25, -0.2) is 4.79 Å². The van der Waals surface area contributed by atoms with Crippen molar-refractivity contribution in [1.82, 2.24) is 5.32 Å². The van der Waals surface area contributed by atoms with E-state index in [0.29, 0.717) is 24.9 Å². The van der Waals surface area contributed by atoms with Crippen LogP contribution in [0.1, 0.15) is 59.8 Å². The molecule has 2 rings (SSSR count). The number of amides is 1. The monoisotopic (exact) mass is 311 g/mol. The van der Waals surface area contributed by atoms with Gasteiger partial charge in [0.1, 0.15) is 5.60 Å². The van der Waals surface area contributed by atoms with Crippen LogP contribution in [-0.4, -0.2) is 30.3 Å². The zero-order chi connectivity index (χ0) is 16.3. The molecule has 0 aliphatic heterocycles. The summed E-state index contributed by atoms with van der Waals surface area (Å²) in [6, 6.07) is 0.0722. The molecular weight excluding hydrogens is 282 g/mol. The Kier molecular flexibility index (Phi) is 5.35. The molecule has 5 nitrogen and oxygen atoms in total. The maximum absolute atomic E-state index is 12.0. The molecule has 2 unspecified atom stereocenters. The van der Waals surface area contributed by atoms with Crippen LogP contribution >= 0.6 is 0 Å². The Morgan fingerprint density at radius 1 is 1.18 bits per heavy atom. The van der Waals surface area contributed by atoms with Crippen LogP contribution in [0.5, 0.6) is 0 Å². The highest BCUT2D eigenvalue weighted by Crippen LogP contribution is 2.48. The lowest BCUT2D eigenvalue weighted by molar-refractivity contribution is -0.145. The second-order valence-electron chi connectivity index (χ2n) is 7.60. The lowest BCUT2D eigenvalue weighted by atomic mass is 9.85. The lowest BCUT2D eigenvalue weighted by Gasteiger charge is -2.32. The third kappa shape index (κ3) is 4.37. The molecule has 1 N–H and O–H groups in total. The van der Waals surface area contributed by atoms with Crippen LogP contribution < -0.4 is 5.32 Å². The summed E-state index contributed by atoms with van der Waals surface area (Å²) in [5.74, 6) is 1.14. The largest absolute Gasteiger partial charge is 0.465 e. The van der Waals surface area contributed by atoms with E-state index in [1.807, 2.05) is 27.7 Å². The van der Waals surface area contributed by atoms with Gasteiger partial charge in [-0.1, -0.05) is 6.92 Å². The number of nitrogens with one attached hydrogen (secondary N) is 1. The molecule has 1 amide bonds. The molecule has 0 aromatic heterocycles. The minimum absolute atomic E-state index is 0.0722. The first-order valence-corrected chi connectivity index (χ1v) is 8.45. The Morgan fingerprint density at radius 3 is 2.50 bits per heavy atom. The summed E-state index contributed by atoms with van der Waals surface area (Å²) in [6.45, 7) is 7.96. The summed E-state index contributed by atoms with van der Waals surface area (Å²) in [6.07, 6.45) is 4.34. The van der Waals surface area contributed by atoms with Crippen LogP contribution in [0.3, 0.4) is 0 Å². The number of ether oxygens (including phenoxy) is 2. The zero-order valence-electron chi connectivity index (χ0n) is 14.2. The SMILES string of the molecule is CCCC(=O)OC[C@H]1C2CCC(C2)[C@H]1NC(=O)OC(C)(C)C. The van der Waals surface area contributed by atoms with Crippen LogP contribution in [0.4, 0.5) is 4.79 Å². The Hall–Kier alpha value is -1.26. The summed E-state index contributed by atoms with van der Waals surface area (Å²) < 4.78 is 10.8. The molecule has 22 heavy (non-hydrogen) atoms. The second-order valence-corrected chi connectivity index (χ2v) is 7.60. The third-order valence-corrected chi connectivity index (χ3v) is 4.66. The fourth-order valence-electron chi connectivity index (χ4n) is 3.78. The maximum Gasteiger partial charge on any atom is 0.407 e. The minimum atomic E-state index is -0.495. The van der Waals surface area contributed by atoms with Gasteiger partial charge in [0, 0.05) is 18.4 Å². The van der Waals surface area contributed by atoms with Crippen molar-refractivity contribution in [3.8, 4) is 0 Å². The molecule has 0 heterocycles. The molecule has 0 saturated heterocycles. The fourth-order valence-corrected chi connectivity index (χ4v) is 3.78. The van der Waals surface area contributed by atoms with Crippen molar-refractivity contribution in [2.75, 3.05) is 6.61 Å². The Labute approximate surface area is 133 Å². The zero-order valence-corrected chi connectivity index (χ0v) is 14.2. The number of hydrogen-bond donors (Lipinski definition) is 1. The van der Waals surface area contributed by atoms with Crippen LogP contribution in [-0.2, 0) is 14.3 Å². The second kappa shape index (κ2) is 6.88. The summed E-state index contributed by atoms with van der Waals surface area (Å²) in [5, 5.41) is 3.02. The van der Waals surface area contributed by atoms with Crippen molar-refractivity contribution in [1.29, 1.82) is 0 Å². The summed E-state index contributed by atoms with van der Waals surface area (Å²) >= 11 is 0. The maximum atomic E-state index is 12.0. The molecular formula is C17H29NO4. The normalized spacial score (nSPS) is 30.2. The van der Waals surface area contributed by atoms with Gasteiger partial charge in [0.25, 0.3) is 0 Å².